The molecule has 0 spiro atoms. The van der Waals surface area contributed by atoms with Gasteiger partial charge >= 0.3 is 0 Å². The lowest BCUT2D eigenvalue weighted by atomic mass is 10.1. The van der Waals surface area contributed by atoms with Crippen molar-refractivity contribution in [3.63, 3.8) is 0 Å². The minimum absolute atomic E-state index is 0. The molecule has 0 aromatic heterocycles. The number of carbonyl (C=O) groups is 2. The van der Waals surface area contributed by atoms with Crippen LogP contribution in [0.3, 0.4) is 0 Å². The van der Waals surface area contributed by atoms with Crippen molar-refractivity contribution in [1.29, 1.82) is 0 Å². The molecule has 3 rings (SSSR count). The number of rotatable bonds is 11. The Kier molecular flexibility index (Phi) is 11.1. The quantitative estimate of drug-likeness (QED) is 0.354. The van der Waals surface area contributed by atoms with Crippen molar-refractivity contribution in [2.75, 3.05) is 49.5 Å². The van der Waals surface area contributed by atoms with E-state index in [4.69, 9.17) is 5.73 Å². The summed E-state index contributed by atoms with van der Waals surface area (Å²) in [5.74, 6) is -0.419. The fourth-order valence-corrected chi connectivity index (χ4v) is 4.22. The number of carbonyl (C=O) groups excluding carboxylic acids is 2. The highest BCUT2D eigenvalue weighted by atomic mass is 35.5. The van der Waals surface area contributed by atoms with E-state index in [-0.39, 0.29) is 30.3 Å². The smallest absolute Gasteiger partial charge is 0.249 e. The summed E-state index contributed by atoms with van der Waals surface area (Å²) in [6, 6.07) is 7.94. The molecule has 1 aromatic rings. The molecule has 0 bridgehead atoms. The molecule has 2 amide bonds. The molecule has 1 aromatic carbocycles. The van der Waals surface area contributed by atoms with Gasteiger partial charge in [0.1, 0.15) is 6.04 Å². The van der Waals surface area contributed by atoms with E-state index in [2.05, 4.69) is 32.6 Å². The van der Waals surface area contributed by atoms with Crippen molar-refractivity contribution in [3.05, 3.63) is 24.3 Å². The van der Waals surface area contributed by atoms with E-state index in [9.17, 15) is 9.59 Å². The fourth-order valence-electron chi connectivity index (χ4n) is 4.22. The van der Waals surface area contributed by atoms with Gasteiger partial charge in [-0.15, -0.1) is 12.4 Å². The van der Waals surface area contributed by atoms with E-state index < -0.39 is 0 Å². The molecule has 2 fully saturated rings. The normalized spacial score (nSPS) is 19.6. The first kappa shape index (κ1) is 25.4. The van der Waals surface area contributed by atoms with Gasteiger partial charge in [0.25, 0.3) is 0 Å². The lowest BCUT2D eigenvalue weighted by Gasteiger charge is -2.36. The van der Waals surface area contributed by atoms with Crippen molar-refractivity contribution >= 4 is 35.6 Å². The molecule has 1 unspecified atom stereocenters. The molecule has 0 radical (unpaired) electrons. The maximum atomic E-state index is 11.9. The monoisotopic (exact) mass is 451 g/mol. The Hall–Kier alpha value is -1.83. The van der Waals surface area contributed by atoms with Crippen LogP contribution < -0.4 is 21.3 Å². The predicted octanol–water partition coefficient (Wildman–Crippen LogP) is 2.75. The summed E-state index contributed by atoms with van der Waals surface area (Å²) >= 11 is 0. The van der Waals surface area contributed by atoms with Crippen LogP contribution in [0.5, 0.6) is 0 Å². The number of hydrogen-bond donors (Lipinski definition) is 3. The molecule has 7 nitrogen and oxygen atoms in total. The lowest BCUT2D eigenvalue weighted by molar-refractivity contribution is -0.133. The molecule has 0 saturated carbocycles. The summed E-state index contributed by atoms with van der Waals surface area (Å²) in [7, 11) is 0. The van der Waals surface area contributed by atoms with Gasteiger partial charge in [0.15, 0.2) is 0 Å². The van der Waals surface area contributed by atoms with E-state index in [1.54, 1.807) is 0 Å². The summed E-state index contributed by atoms with van der Waals surface area (Å²) in [6.07, 6.45) is 8.64. The first-order valence-electron chi connectivity index (χ1n) is 11.5. The van der Waals surface area contributed by atoms with Crippen LogP contribution in [-0.2, 0) is 9.59 Å². The summed E-state index contributed by atoms with van der Waals surface area (Å²) in [5, 5.41) is 5.62. The number of anilines is 2. The molecule has 2 heterocycles. The van der Waals surface area contributed by atoms with Crippen LogP contribution in [0, 0.1) is 0 Å². The number of nitrogens with two attached hydrogens (primary N) is 1. The second-order valence-electron chi connectivity index (χ2n) is 8.43. The predicted molar refractivity (Wildman–Crippen MR) is 129 cm³/mol. The van der Waals surface area contributed by atoms with Crippen molar-refractivity contribution in [2.24, 2.45) is 5.73 Å². The van der Waals surface area contributed by atoms with Gasteiger partial charge in [-0.3, -0.25) is 19.8 Å². The fraction of sp³-hybridized carbons (Fsp3) is 0.652. The third-order valence-electron chi connectivity index (χ3n) is 6.11. The van der Waals surface area contributed by atoms with Gasteiger partial charge in [-0.1, -0.05) is 25.7 Å². The number of nitrogens with zero attached hydrogens (tertiary/aromatic N) is 2. The van der Waals surface area contributed by atoms with Gasteiger partial charge in [0.05, 0.1) is 0 Å². The molecule has 2 aliphatic rings. The Bertz CT molecular complexity index is 677. The van der Waals surface area contributed by atoms with E-state index >= 15 is 0 Å². The average molecular weight is 452 g/mol. The van der Waals surface area contributed by atoms with Crippen LogP contribution >= 0.6 is 12.4 Å². The zero-order chi connectivity index (χ0) is 21.2. The number of unbranched alkanes of at least 4 members (excludes halogenated alkanes) is 5. The number of amides is 2. The van der Waals surface area contributed by atoms with Gasteiger partial charge in [-0.05, 0) is 56.6 Å². The molecular formula is C23H38ClN5O2. The third kappa shape index (κ3) is 8.31. The van der Waals surface area contributed by atoms with E-state index in [1.807, 2.05) is 12.1 Å². The number of imide groups is 1. The Balaban J connectivity index is 0.00000341. The molecule has 0 aliphatic carbocycles. The number of piperazine rings is 1. The number of benzene rings is 1. The van der Waals surface area contributed by atoms with Crippen LogP contribution in [-0.4, -0.2) is 62.0 Å². The third-order valence-corrected chi connectivity index (χ3v) is 6.11. The Morgan fingerprint density at radius 3 is 2.23 bits per heavy atom. The topological polar surface area (TPSA) is 90.7 Å². The van der Waals surface area contributed by atoms with Crippen LogP contribution in [0.4, 0.5) is 11.4 Å². The Morgan fingerprint density at radius 2 is 1.58 bits per heavy atom. The zero-order valence-corrected chi connectivity index (χ0v) is 19.3. The second-order valence-corrected chi connectivity index (χ2v) is 8.43. The molecule has 4 N–H and O–H groups in total. The summed E-state index contributed by atoms with van der Waals surface area (Å²) in [6.45, 7) is 6.36. The molecule has 2 saturated heterocycles. The van der Waals surface area contributed by atoms with Gasteiger partial charge < -0.3 is 16.0 Å². The highest BCUT2D eigenvalue weighted by Gasteiger charge is 2.26. The molecule has 8 heteroatoms. The SMILES string of the molecule is Cl.NCCCCCCCCN1CCN(c2ccc(NC3CCC(=O)NC3=O)cc2)CC1. The first-order chi connectivity index (χ1) is 14.7. The molecule has 2 aliphatic heterocycles. The second kappa shape index (κ2) is 13.6. The van der Waals surface area contributed by atoms with Crippen LogP contribution in [0.15, 0.2) is 24.3 Å². The maximum Gasteiger partial charge on any atom is 0.249 e. The lowest BCUT2D eigenvalue weighted by Crippen LogP contribution is -2.47. The number of nitrogens with one attached hydrogen (secondary N) is 2. The molecular weight excluding hydrogens is 414 g/mol. The van der Waals surface area contributed by atoms with Crippen molar-refractivity contribution in [1.82, 2.24) is 10.2 Å². The van der Waals surface area contributed by atoms with Gasteiger partial charge in [-0.25, -0.2) is 0 Å². The van der Waals surface area contributed by atoms with Crippen LogP contribution in [0.1, 0.15) is 51.4 Å². The molecule has 174 valence electrons. The van der Waals surface area contributed by atoms with Crippen LogP contribution in [0.25, 0.3) is 0 Å². The van der Waals surface area contributed by atoms with Crippen molar-refractivity contribution in [2.45, 2.75) is 57.4 Å². The number of piperidine rings is 1. The van der Waals surface area contributed by atoms with Crippen molar-refractivity contribution in [3.8, 4) is 0 Å². The highest BCUT2D eigenvalue weighted by Crippen LogP contribution is 2.21. The zero-order valence-electron chi connectivity index (χ0n) is 18.5. The van der Waals surface area contributed by atoms with E-state index in [0.717, 1.165) is 44.8 Å². The largest absolute Gasteiger partial charge is 0.374 e. The summed E-state index contributed by atoms with van der Waals surface area (Å²) in [4.78, 5) is 28.2. The van der Waals surface area contributed by atoms with Crippen LogP contribution in [0.2, 0.25) is 0 Å². The number of hydrogen-bond acceptors (Lipinski definition) is 6. The Labute approximate surface area is 192 Å². The first-order valence-corrected chi connectivity index (χ1v) is 11.5. The van der Waals surface area contributed by atoms with E-state index in [0.29, 0.717) is 12.8 Å². The van der Waals surface area contributed by atoms with Gasteiger partial charge in [0, 0.05) is 44.0 Å². The standard InChI is InChI=1S/C23H37N5O2.ClH/c24-13-5-3-1-2-4-6-14-27-15-17-28(18-16-27)20-9-7-19(8-10-20)25-21-11-12-22(29)26-23(21)30;/h7-10,21,25H,1-6,11-18,24H2,(H,26,29,30);1H. The van der Waals surface area contributed by atoms with Gasteiger partial charge in [0.2, 0.25) is 11.8 Å². The summed E-state index contributed by atoms with van der Waals surface area (Å²) in [5.41, 5.74) is 7.68. The Morgan fingerprint density at radius 1 is 0.935 bits per heavy atom. The molecule has 1 atom stereocenters. The summed E-state index contributed by atoms with van der Waals surface area (Å²) < 4.78 is 0. The number of halogens is 1. The molecule has 31 heavy (non-hydrogen) atoms. The maximum absolute atomic E-state index is 11.9. The minimum Gasteiger partial charge on any atom is -0.374 e. The van der Waals surface area contributed by atoms with Crippen molar-refractivity contribution < 1.29 is 9.59 Å². The average Bonchev–Trinajstić information content (AvgIpc) is 2.76. The highest BCUT2D eigenvalue weighted by molar-refractivity contribution is 6.01. The van der Waals surface area contributed by atoms with E-state index in [1.165, 1.54) is 44.3 Å². The minimum atomic E-state index is -0.335. The van der Waals surface area contributed by atoms with Gasteiger partial charge in [-0.2, -0.15) is 0 Å².